The van der Waals surface area contributed by atoms with Gasteiger partial charge in [-0.05, 0) is 18.2 Å². The van der Waals surface area contributed by atoms with Crippen molar-refractivity contribution in [2.45, 2.75) is 0 Å². The van der Waals surface area contributed by atoms with Crippen LogP contribution in [0.2, 0.25) is 0 Å². The van der Waals surface area contributed by atoms with Crippen molar-refractivity contribution in [3.63, 3.8) is 0 Å². The second-order valence-corrected chi connectivity index (χ2v) is 4.60. The summed E-state index contributed by atoms with van der Waals surface area (Å²) in [5.41, 5.74) is 2.11. The first kappa shape index (κ1) is 13.1. The first-order valence-electron chi connectivity index (χ1n) is 6.33. The van der Waals surface area contributed by atoms with E-state index in [1.54, 1.807) is 12.3 Å². The highest BCUT2D eigenvalue weighted by Crippen LogP contribution is 2.39. The maximum Gasteiger partial charge on any atom is 0.342 e. The number of fused-ring (bicyclic) bond motifs is 1. The van der Waals surface area contributed by atoms with Crippen molar-refractivity contribution in [1.29, 1.82) is 0 Å². The molecule has 3 aromatic rings. The number of aromatic nitrogens is 1. The third-order valence-electron chi connectivity index (χ3n) is 3.43. The fourth-order valence-electron chi connectivity index (χ4n) is 2.41. The molecule has 3 rings (SSSR count). The Labute approximate surface area is 120 Å². The van der Waals surface area contributed by atoms with Crippen LogP contribution in [-0.2, 0) is 4.74 Å². The van der Waals surface area contributed by atoms with E-state index in [-0.39, 0.29) is 11.3 Å². The first-order chi connectivity index (χ1) is 10.1. The number of rotatable bonds is 2. The molecule has 3 N–H and O–H groups in total. The minimum Gasteiger partial charge on any atom is -0.504 e. The third-order valence-corrected chi connectivity index (χ3v) is 3.43. The zero-order valence-corrected chi connectivity index (χ0v) is 11.3. The number of hydrogen-bond acceptors (Lipinski definition) is 4. The number of benzene rings is 2. The molecule has 1 aromatic heterocycles. The van der Waals surface area contributed by atoms with Gasteiger partial charge in [0.25, 0.3) is 0 Å². The summed E-state index contributed by atoms with van der Waals surface area (Å²) in [5.74, 6) is -1.55. The molecular weight excluding hydrogens is 270 g/mol. The van der Waals surface area contributed by atoms with E-state index in [0.29, 0.717) is 5.56 Å². The van der Waals surface area contributed by atoms with Crippen LogP contribution in [0.3, 0.4) is 0 Å². The molecule has 0 fully saturated rings. The molecule has 0 radical (unpaired) electrons. The maximum atomic E-state index is 11.9. The van der Waals surface area contributed by atoms with Gasteiger partial charge in [-0.1, -0.05) is 18.2 Å². The molecule has 0 saturated carbocycles. The van der Waals surface area contributed by atoms with E-state index in [0.717, 1.165) is 16.5 Å². The smallest absolute Gasteiger partial charge is 0.342 e. The van der Waals surface area contributed by atoms with E-state index < -0.39 is 11.7 Å². The van der Waals surface area contributed by atoms with Crippen molar-refractivity contribution < 1.29 is 19.7 Å². The molecular formula is C16H13NO4. The highest BCUT2D eigenvalue weighted by atomic mass is 16.5. The summed E-state index contributed by atoms with van der Waals surface area (Å²) < 4.78 is 4.70. The molecule has 0 bridgehead atoms. The van der Waals surface area contributed by atoms with Gasteiger partial charge in [-0.25, -0.2) is 4.79 Å². The number of aromatic hydroxyl groups is 2. The molecule has 5 nitrogen and oxygen atoms in total. The lowest BCUT2D eigenvalue weighted by atomic mass is 9.98. The molecule has 106 valence electrons. The molecule has 0 atom stereocenters. The van der Waals surface area contributed by atoms with E-state index in [4.69, 9.17) is 4.74 Å². The molecule has 5 heteroatoms. The zero-order chi connectivity index (χ0) is 15.0. The van der Waals surface area contributed by atoms with Gasteiger partial charge in [0.1, 0.15) is 5.56 Å². The molecule has 21 heavy (non-hydrogen) atoms. The van der Waals surface area contributed by atoms with Gasteiger partial charge in [0.15, 0.2) is 11.5 Å². The number of ether oxygens (including phenoxy) is 1. The molecule has 0 unspecified atom stereocenters. The number of esters is 1. The molecule has 0 saturated heterocycles. The second-order valence-electron chi connectivity index (χ2n) is 4.60. The number of hydrogen-bond donors (Lipinski definition) is 3. The largest absolute Gasteiger partial charge is 0.504 e. The summed E-state index contributed by atoms with van der Waals surface area (Å²) in [5, 5.41) is 20.5. The van der Waals surface area contributed by atoms with Crippen LogP contribution in [-0.4, -0.2) is 28.3 Å². The van der Waals surface area contributed by atoms with Crippen molar-refractivity contribution in [3.8, 4) is 22.6 Å². The monoisotopic (exact) mass is 283 g/mol. The fraction of sp³-hybridized carbons (Fsp3) is 0.0625. The number of para-hydroxylation sites is 1. The predicted molar refractivity (Wildman–Crippen MR) is 78.4 cm³/mol. The number of phenolic OH excluding ortho intramolecular Hbond substituents is 2. The van der Waals surface area contributed by atoms with Crippen molar-refractivity contribution >= 4 is 16.9 Å². The Morgan fingerprint density at radius 3 is 2.62 bits per heavy atom. The molecule has 0 aliphatic rings. The predicted octanol–water partition coefficient (Wildman–Crippen LogP) is 3.03. The lowest BCUT2D eigenvalue weighted by Gasteiger charge is -2.10. The summed E-state index contributed by atoms with van der Waals surface area (Å²) in [7, 11) is 1.23. The van der Waals surface area contributed by atoms with Crippen LogP contribution in [0.5, 0.6) is 11.5 Å². The number of nitrogens with one attached hydrogen (secondary N) is 1. The molecule has 1 heterocycles. The summed E-state index contributed by atoms with van der Waals surface area (Å²) in [6.45, 7) is 0. The highest BCUT2D eigenvalue weighted by molar-refractivity contribution is 6.06. The Kier molecular flexibility index (Phi) is 3.02. The fourth-order valence-corrected chi connectivity index (χ4v) is 2.41. The van der Waals surface area contributed by atoms with E-state index in [1.807, 2.05) is 24.3 Å². The van der Waals surface area contributed by atoms with Crippen LogP contribution in [0, 0.1) is 0 Å². The zero-order valence-electron chi connectivity index (χ0n) is 11.3. The Morgan fingerprint density at radius 2 is 1.86 bits per heavy atom. The second kappa shape index (κ2) is 4.86. The van der Waals surface area contributed by atoms with Gasteiger partial charge in [-0.15, -0.1) is 0 Å². The normalized spacial score (nSPS) is 10.7. The number of H-pyrrole nitrogens is 1. The summed E-state index contributed by atoms with van der Waals surface area (Å²) in [4.78, 5) is 15.0. The highest BCUT2D eigenvalue weighted by Gasteiger charge is 2.22. The lowest BCUT2D eigenvalue weighted by Crippen LogP contribution is -2.04. The van der Waals surface area contributed by atoms with Gasteiger partial charge in [0, 0.05) is 28.2 Å². The SMILES string of the molecule is COC(=O)c1c(-c2c[nH]c3ccccc23)ccc(O)c1O. The van der Waals surface area contributed by atoms with Crippen LogP contribution in [0.15, 0.2) is 42.6 Å². The summed E-state index contributed by atoms with van der Waals surface area (Å²) in [6, 6.07) is 10.5. The number of phenols is 2. The number of carbonyl (C=O) groups is 1. The Hall–Kier alpha value is -2.95. The number of carbonyl (C=O) groups excluding carboxylic acids is 1. The summed E-state index contributed by atoms with van der Waals surface area (Å²) >= 11 is 0. The van der Waals surface area contributed by atoms with E-state index >= 15 is 0 Å². The van der Waals surface area contributed by atoms with Crippen LogP contribution in [0.1, 0.15) is 10.4 Å². The first-order valence-corrected chi connectivity index (χ1v) is 6.33. The van der Waals surface area contributed by atoms with E-state index in [1.165, 1.54) is 13.2 Å². The van der Waals surface area contributed by atoms with Crippen molar-refractivity contribution in [2.75, 3.05) is 7.11 Å². The maximum absolute atomic E-state index is 11.9. The Bertz CT molecular complexity index is 835. The van der Waals surface area contributed by atoms with E-state index in [9.17, 15) is 15.0 Å². The Balaban J connectivity index is 2.32. The third kappa shape index (κ3) is 1.99. The van der Waals surface area contributed by atoms with Crippen molar-refractivity contribution in [1.82, 2.24) is 4.98 Å². The average Bonchev–Trinajstić information content (AvgIpc) is 2.93. The average molecular weight is 283 g/mol. The molecule has 0 aliphatic heterocycles. The molecule has 0 spiro atoms. The Morgan fingerprint density at radius 1 is 1.10 bits per heavy atom. The van der Waals surface area contributed by atoms with Gasteiger partial charge in [-0.3, -0.25) is 0 Å². The van der Waals surface area contributed by atoms with Crippen LogP contribution in [0.25, 0.3) is 22.0 Å². The van der Waals surface area contributed by atoms with Gasteiger partial charge < -0.3 is 19.9 Å². The standard InChI is InChI=1S/C16H13NO4/c1-21-16(20)14-10(6-7-13(18)15(14)19)11-8-17-12-5-3-2-4-9(11)12/h2-8,17-19H,1H3. The van der Waals surface area contributed by atoms with Gasteiger partial charge in [0.05, 0.1) is 7.11 Å². The van der Waals surface area contributed by atoms with Crippen LogP contribution in [0.4, 0.5) is 0 Å². The minimum absolute atomic E-state index is 0.0535. The molecule has 0 amide bonds. The van der Waals surface area contributed by atoms with Crippen molar-refractivity contribution in [3.05, 3.63) is 48.2 Å². The topological polar surface area (TPSA) is 82.6 Å². The lowest BCUT2D eigenvalue weighted by molar-refractivity contribution is 0.0597. The quantitative estimate of drug-likeness (QED) is 0.498. The number of methoxy groups -OCH3 is 1. The molecule has 0 aliphatic carbocycles. The van der Waals surface area contributed by atoms with Crippen LogP contribution >= 0.6 is 0 Å². The van der Waals surface area contributed by atoms with E-state index in [2.05, 4.69) is 4.98 Å². The van der Waals surface area contributed by atoms with Gasteiger partial charge in [-0.2, -0.15) is 0 Å². The minimum atomic E-state index is -0.705. The summed E-state index contributed by atoms with van der Waals surface area (Å²) in [6.07, 6.45) is 1.75. The van der Waals surface area contributed by atoms with Crippen LogP contribution < -0.4 is 0 Å². The van der Waals surface area contributed by atoms with Gasteiger partial charge in [0.2, 0.25) is 0 Å². The number of aromatic amines is 1. The van der Waals surface area contributed by atoms with Crippen molar-refractivity contribution in [2.24, 2.45) is 0 Å². The van der Waals surface area contributed by atoms with Gasteiger partial charge >= 0.3 is 5.97 Å². The molecule has 2 aromatic carbocycles.